The SMILES string of the molecule is O=C(Nc1ncc(CCN2C(=O)c3ccccc3C2=O)s1)c1ccc(Br)o1. The monoisotopic (exact) mass is 445 g/mol. The van der Waals surface area contributed by atoms with E-state index in [1.165, 1.54) is 16.2 Å². The fourth-order valence-electron chi connectivity index (χ4n) is 2.74. The molecule has 27 heavy (non-hydrogen) atoms. The van der Waals surface area contributed by atoms with Crippen LogP contribution in [0, 0.1) is 0 Å². The molecule has 0 saturated heterocycles. The molecular formula is C18H12BrN3O4S. The van der Waals surface area contributed by atoms with E-state index in [0.717, 1.165) is 4.88 Å². The van der Waals surface area contributed by atoms with Crippen molar-refractivity contribution in [3.8, 4) is 0 Å². The van der Waals surface area contributed by atoms with Gasteiger partial charge in [0.05, 0.1) is 11.1 Å². The second-order valence-corrected chi connectivity index (χ2v) is 7.64. The molecule has 0 spiro atoms. The molecule has 0 bridgehead atoms. The molecule has 1 aliphatic heterocycles. The van der Waals surface area contributed by atoms with E-state index in [1.807, 2.05) is 0 Å². The fraction of sp³-hybridized carbons (Fsp3) is 0.111. The molecule has 0 saturated carbocycles. The predicted molar refractivity (Wildman–Crippen MR) is 102 cm³/mol. The van der Waals surface area contributed by atoms with Gasteiger partial charge in [-0.15, -0.1) is 11.3 Å². The number of hydrogen-bond donors (Lipinski definition) is 1. The lowest BCUT2D eigenvalue weighted by Crippen LogP contribution is -2.31. The summed E-state index contributed by atoms with van der Waals surface area (Å²) >= 11 is 4.43. The largest absolute Gasteiger partial charge is 0.444 e. The van der Waals surface area contributed by atoms with Crippen molar-refractivity contribution in [2.45, 2.75) is 6.42 Å². The van der Waals surface area contributed by atoms with Crippen LogP contribution in [0.4, 0.5) is 5.13 Å². The molecule has 1 aromatic carbocycles. The number of rotatable bonds is 5. The lowest BCUT2D eigenvalue weighted by molar-refractivity contribution is 0.0656. The average molecular weight is 446 g/mol. The van der Waals surface area contributed by atoms with Gasteiger partial charge >= 0.3 is 0 Å². The van der Waals surface area contributed by atoms with Gasteiger partial charge in [-0.2, -0.15) is 0 Å². The Morgan fingerprint density at radius 2 is 1.85 bits per heavy atom. The quantitative estimate of drug-likeness (QED) is 0.605. The first kappa shape index (κ1) is 17.6. The summed E-state index contributed by atoms with van der Waals surface area (Å²) in [4.78, 5) is 43.0. The van der Waals surface area contributed by atoms with E-state index in [9.17, 15) is 14.4 Å². The summed E-state index contributed by atoms with van der Waals surface area (Å²) in [6, 6.07) is 9.97. The highest BCUT2D eigenvalue weighted by molar-refractivity contribution is 9.10. The summed E-state index contributed by atoms with van der Waals surface area (Å²) in [7, 11) is 0. The Morgan fingerprint density at radius 3 is 2.48 bits per heavy atom. The smallest absolute Gasteiger partial charge is 0.293 e. The molecule has 4 rings (SSSR count). The lowest BCUT2D eigenvalue weighted by atomic mass is 10.1. The van der Waals surface area contributed by atoms with Crippen molar-refractivity contribution in [3.05, 3.63) is 69.0 Å². The first-order valence-corrected chi connectivity index (χ1v) is 9.60. The molecule has 3 heterocycles. The van der Waals surface area contributed by atoms with Crippen molar-refractivity contribution >= 4 is 50.1 Å². The highest BCUT2D eigenvalue weighted by Gasteiger charge is 2.34. The van der Waals surface area contributed by atoms with Gasteiger partial charge in [0.1, 0.15) is 0 Å². The first-order valence-electron chi connectivity index (χ1n) is 7.99. The van der Waals surface area contributed by atoms with Gasteiger partial charge < -0.3 is 4.42 Å². The molecular weight excluding hydrogens is 434 g/mol. The van der Waals surface area contributed by atoms with Gasteiger partial charge in [-0.1, -0.05) is 12.1 Å². The molecule has 0 radical (unpaired) electrons. The summed E-state index contributed by atoms with van der Waals surface area (Å²) in [5, 5.41) is 3.08. The van der Waals surface area contributed by atoms with Crippen molar-refractivity contribution in [3.63, 3.8) is 0 Å². The third-order valence-corrected chi connectivity index (χ3v) is 5.43. The summed E-state index contributed by atoms with van der Waals surface area (Å²) < 4.78 is 5.66. The second-order valence-electron chi connectivity index (χ2n) is 5.75. The number of nitrogens with zero attached hydrogens (tertiary/aromatic N) is 2. The molecule has 136 valence electrons. The van der Waals surface area contributed by atoms with Crippen LogP contribution in [-0.2, 0) is 6.42 Å². The first-order chi connectivity index (χ1) is 13.0. The van der Waals surface area contributed by atoms with Crippen molar-refractivity contribution in [2.75, 3.05) is 11.9 Å². The molecule has 7 nitrogen and oxygen atoms in total. The van der Waals surface area contributed by atoms with Crippen LogP contribution in [0.1, 0.15) is 36.1 Å². The van der Waals surface area contributed by atoms with E-state index in [4.69, 9.17) is 4.42 Å². The van der Waals surface area contributed by atoms with Gasteiger partial charge in [0.15, 0.2) is 15.6 Å². The minimum absolute atomic E-state index is 0.171. The number of carbonyl (C=O) groups is 3. The molecule has 2 aromatic heterocycles. The maximum atomic E-state index is 12.4. The van der Waals surface area contributed by atoms with Gasteiger partial charge in [0.2, 0.25) is 0 Å². The van der Waals surface area contributed by atoms with Crippen molar-refractivity contribution in [1.82, 2.24) is 9.88 Å². The topological polar surface area (TPSA) is 92.5 Å². The van der Waals surface area contributed by atoms with Gasteiger partial charge in [-0.3, -0.25) is 24.6 Å². The normalized spacial score (nSPS) is 13.1. The molecule has 3 aromatic rings. The Balaban J connectivity index is 1.38. The van der Waals surface area contributed by atoms with E-state index in [0.29, 0.717) is 27.3 Å². The standard InChI is InChI=1S/C18H12BrN3O4S/c19-14-6-5-13(26-14)15(23)21-18-20-9-10(27-18)7-8-22-16(24)11-3-1-2-4-12(11)17(22)25/h1-6,9H,7-8H2,(H,20,21,23). The van der Waals surface area contributed by atoms with E-state index >= 15 is 0 Å². The van der Waals surface area contributed by atoms with Crippen molar-refractivity contribution in [1.29, 1.82) is 0 Å². The number of anilines is 1. The maximum absolute atomic E-state index is 12.4. The highest BCUT2D eigenvalue weighted by atomic mass is 79.9. The summed E-state index contributed by atoms with van der Waals surface area (Å²) in [6.45, 7) is 0.257. The molecule has 0 unspecified atom stereocenters. The molecule has 0 atom stereocenters. The van der Waals surface area contributed by atoms with Crippen LogP contribution in [-0.4, -0.2) is 34.2 Å². The molecule has 1 N–H and O–H groups in total. The van der Waals surface area contributed by atoms with Crippen LogP contribution in [0.5, 0.6) is 0 Å². The molecule has 1 aliphatic rings. The number of imide groups is 1. The van der Waals surface area contributed by atoms with Crippen molar-refractivity contribution < 1.29 is 18.8 Å². The number of carbonyl (C=O) groups excluding carboxylic acids is 3. The molecule has 3 amide bonds. The van der Waals surface area contributed by atoms with E-state index < -0.39 is 5.91 Å². The van der Waals surface area contributed by atoms with Crippen LogP contribution >= 0.6 is 27.3 Å². The number of hydrogen-bond acceptors (Lipinski definition) is 6. The molecule has 0 fully saturated rings. The zero-order valence-corrected chi connectivity index (χ0v) is 16.2. The summed E-state index contributed by atoms with van der Waals surface area (Å²) in [6.07, 6.45) is 2.09. The second kappa shape index (κ2) is 7.09. The number of halogens is 1. The minimum Gasteiger partial charge on any atom is -0.444 e. The Hall–Kier alpha value is -2.78. The molecule has 0 aliphatic carbocycles. The Bertz CT molecular complexity index is 1020. The number of benzene rings is 1. The van der Waals surface area contributed by atoms with Gasteiger partial charge in [-0.25, -0.2) is 4.98 Å². The van der Waals surface area contributed by atoms with E-state index in [2.05, 4.69) is 26.2 Å². The third-order valence-electron chi connectivity index (χ3n) is 4.03. The number of amides is 3. The number of thiazole rings is 1. The fourth-order valence-corrected chi connectivity index (χ4v) is 3.84. The summed E-state index contributed by atoms with van der Waals surface area (Å²) in [5.41, 5.74) is 0.869. The van der Waals surface area contributed by atoms with Crippen molar-refractivity contribution in [2.24, 2.45) is 0 Å². The number of fused-ring (bicyclic) bond motifs is 1. The number of aromatic nitrogens is 1. The van der Waals surface area contributed by atoms with Crippen LogP contribution in [0.3, 0.4) is 0 Å². The number of furan rings is 1. The number of nitrogens with one attached hydrogen (secondary N) is 1. The van der Waals surface area contributed by atoms with Gasteiger partial charge in [-0.05, 0) is 40.2 Å². The molecule has 9 heteroatoms. The Kier molecular flexibility index (Phi) is 4.63. The Morgan fingerprint density at radius 1 is 1.15 bits per heavy atom. The maximum Gasteiger partial charge on any atom is 0.293 e. The van der Waals surface area contributed by atoms with Crippen LogP contribution < -0.4 is 5.32 Å². The lowest BCUT2D eigenvalue weighted by Gasteiger charge is -2.12. The van der Waals surface area contributed by atoms with Crippen LogP contribution in [0.25, 0.3) is 0 Å². The van der Waals surface area contributed by atoms with Gasteiger partial charge in [0.25, 0.3) is 17.7 Å². The zero-order chi connectivity index (χ0) is 19.0. The zero-order valence-electron chi connectivity index (χ0n) is 13.8. The average Bonchev–Trinajstić information content (AvgIpc) is 3.35. The van der Waals surface area contributed by atoms with Crippen LogP contribution in [0.2, 0.25) is 0 Å². The Labute approximate surface area is 166 Å². The third kappa shape index (κ3) is 3.43. The van der Waals surface area contributed by atoms with E-state index in [-0.39, 0.29) is 24.1 Å². The minimum atomic E-state index is -0.401. The highest BCUT2D eigenvalue weighted by Crippen LogP contribution is 2.25. The van der Waals surface area contributed by atoms with Crippen LogP contribution in [0.15, 0.2) is 51.7 Å². The summed E-state index contributed by atoms with van der Waals surface area (Å²) in [5.74, 6) is -0.791. The predicted octanol–water partition coefficient (Wildman–Crippen LogP) is 3.59. The van der Waals surface area contributed by atoms with E-state index in [1.54, 1.807) is 42.6 Å². The van der Waals surface area contributed by atoms with Gasteiger partial charge in [0, 0.05) is 24.0 Å².